The number of nitrogen functional groups attached to an aromatic ring is 1. The Balaban J connectivity index is 1.74. The number of fused-ring (bicyclic) bond motifs is 1. The van der Waals surface area contributed by atoms with Crippen LogP contribution < -0.4 is 5.73 Å². The summed E-state index contributed by atoms with van der Waals surface area (Å²) in [6.07, 6.45) is -2.23. The third kappa shape index (κ3) is 5.40. The molecule has 0 saturated carbocycles. The van der Waals surface area contributed by atoms with Gasteiger partial charge >= 0.3 is 23.5 Å². The zero-order valence-electron chi connectivity index (χ0n) is 15.8. The van der Waals surface area contributed by atoms with E-state index in [0.29, 0.717) is 0 Å². The first-order valence-corrected chi connectivity index (χ1v) is 12.8. The van der Waals surface area contributed by atoms with Crippen molar-refractivity contribution in [3.05, 3.63) is 12.7 Å². The van der Waals surface area contributed by atoms with Gasteiger partial charge in [-0.25, -0.2) is 28.6 Å². The molecule has 18 nitrogen and oxygen atoms in total. The fraction of sp³-hybridized carbons (Fsp3) is 0.545. The molecule has 180 valence electrons. The summed E-state index contributed by atoms with van der Waals surface area (Å²) in [5, 5.41) is 21.1. The summed E-state index contributed by atoms with van der Waals surface area (Å²) in [6.45, 7) is 0.213. The average molecular weight is 521 g/mol. The lowest BCUT2D eigenvalue weighted by atomic mass is 9.96. The third-order valence-electron chi connectivity index (χ3n) is 4.21. The number of rotatable bonds is 8. The van der Waals surface area contributed by atoms with E-state index in [-0.39, 0.29) is 17.0 Å². The molecule has 3 rings (SSSR count). The van der Waals surface area contributed by atoms with Gasteiger partial charge in [0.1, 0.15) is 29.7 Å². The zero-order valence-corrected chi connectivity index (χ0v) is 18.5. The third-order valence-corrected chi connectivity index (χ3v) is 8.01. The van der Waals surface area contributed by atoms with E-state index in [1.54, 1.807) is 0 Å². The van der Waals surface area contributed by atoms with Crippen LogP contribution >= 0.6 is 23.5 Å². The van der Waals surface area contributed by atoms with Gasteiger partial charge in [-0.1, -0.05) is 0 Å². The maximum Gasteiger partial charge on any atom is 0.490 e. The van der Waals surface area contributed by atoms with Crippen LogP contribution in [-0.2, 0) is 31.6 Å². The topological polar surface area (TPSA) is 279 Å². The van der Waals surface area contributed by atoms with Crippen molar-refractivity contribution >= 4 is 40.4 Å². The van der Waals surface area contributed by atoms with Crippen LogP contribution in [0.3, 0.4) is 0 Å². The van der Waals surface area contributed by atoms with Gasteiger partial charge in [-0.05, 0) is 6.92 Å². The highest BCUT2D eigenvalue weighted by Gasteiger charge is 2.54. The van der Waals surface area contributed by atoms with E-state index < -0.39 is 54.1 Å². The Bertz CT molecular complexity index is 1150. The summed E-state index contributed by atoms with van der Waals surface area (Å²) in [5.41, 5.74) is 4.00. The number of aromatic nitrogens is 4. The highest BCUT2D eigenvalue weighted by molar-refractivity contribution is 7.66. The fourth-order valence-electron chi connectivity index (χ4n) is 2.89. The molecule has 0 aromatic carbocycles. The molecule has 2 unspecified atom stereocenters. The molecule has 2 aromatic heterocycles. The molecule has 0 bridgehead atoms. The standard InChI is InChI=1S/C11H18N5O13P3/c1-11(18)7(17)5(2-26-31(22,23)29-32(24,25)28-30(19,20)21)27-10(11)16-4-15-6-8(12)13-3-14-9(6)16/h3-5,7,10,17-18H,2H2,1H3,(H,22,23)(H,24,25)(H2,12,13,14)(H2,19,20,21)/t5-,7-,10-,11-/m1/s1. The first-order chi connectivity index (χ1) is 14.5. The lowest BCUT2D eigenvalue weighted by Gasteiger charge is -2.27. The van der Waals surface area contributed by atoms with Crippen molar-refractivity contribution in [2.24, 2.45) is 0 Å². The van der Waals surface area contributed by atoms with Crippen LogP contribution in [0.25, 0.3) is 11.2 Å². The molecule has 3 heterocycles. The van der Waals surface area contributed by atoms with Gasteiger partial charge in [-0.15, -0.1) is 0 Å². The van der Waals surface area contributed by atoms with E-state index in [1.165, 1.54) is 17.8 Å². The second-order valence-corrected chi connectivity index (χ2v) is 11.1. The minimum absolute atomic E-state index is 0.0381. The number of hydrogen-bond donors (Lipinski definition) is 7. The number of aliphatic hydroxyl groups excluding tert-OH is 1. The highest BCUT2D eigenvalue weighted by atomic mass is 31.3. The van der Waals surface area contributed by atoms with Crippen LogP contribution in [-0.4, -0.2) is 73.7 Å². The van der Waals surface area contributed by atoms with Crippen LogP contribution in [0.4, 0.5) is 5.82 Å². The first kappa shape index (κ1) is 25.3. The number of hydrogen-bond acceptors (Lipinski definition) is 13. The lowest BCUT2D eigenvalue weighted by Crippen LogP contribution is -2.44. The van der Waals surface area contributed by atoms with Crippen molar-refractivity contribution in [1.82, 2.24) is 19.5 Å². The first-order valence-electron chi connectivity index (χ1n) is 8.30. The monoisotopic (exact) mass is 521 g/mol. The molecule has 1 aliphatic heterocycles. The van der Waals surface area contributed by atoms with Crippen LogP contribution in [0.15, 0.2) is 12.7 Å². The molecular weight excluding hydrogens is 503 g/mol. The van der Waals surface area contributed by atoms with E-state index in [4.69, 9.17) is 25.2 Å². The quantitative estimate of drug-likeness (QED) is 0.200. The number of anilines is 1. The number of nitrogens with two attached hydrogens (primary N) is 1. The number of phosphoric acid groups is 3. The van der Waals surface area contributed by atoms with Gasteiger partial charge in [0.2, 0.25) is 0 Å². The molecule has 8 N–H and O–H groups in total. The van der Waals surface area contributed by atoms with Crippen LogP contribution in [0.1, 0.15) is 13.2 Å². The Morgan fingerprint density at radius 1 is 1.16 bits per heavy atom. The smallest absolute Gasteiger partial charge is 0.387 e. The molecule has 21 heteroatoms. The van der Waals surface area contributed by atoms with Crippen LogP contribution in [0.2, 0.25) is 0 Å². The number of phosphoric ester groups is 1. The van der Waals surface area contributed by atoms with Gasteiger partial charge < -0.3 is 40.3 Å². The minimum Gasteiger partial charge on any atom is -0.387 e. The number of nitrogens with zero attached hydrogens (tertiary/aromatic N) is 4. The van der Waals surface area contributed by atoms with Crippen molar-refractivity contribution in [1.29, 1.82) is 0 Å². The van der Waals surface area contributed by atoms with E-state index >= 15 is 0 Å². The average Bonchev–Trinajstić information content (AvgIpc) is 3.11. The highest BCUT2D eigenvalue weighted by Crippen LogP contribution is 2.66. The molecule has 0 radical (unpaired) electrons. The lowest BCUT2D eigenvalue weighted by molar-refractivity contribution is -0.0949. The molecule has 1 fully saturated rings. The van der Waals surface area contributed by atoms with Crippen LogP contribution in [0.5, 0.6) is 0 Å². The van der Waals surface area contributed by atoms with Crippen molar-refractivity contribution in [3.63, 3.8) is 0 Å². The molecular formula is C11H18N5O13P3. The van der Waals surface area contributed by atoms with Gasteiger partial charge in [0, 0.05) is 0 Å². The number of aliphatic hydroxyl groups is 2. The molecule has 0 spiro atoms. The molecule has 0 aliphatic carbocycles. The summed E-state index contributed by atoms with van der Waals surface area (Å²) in [5.74, 6) is 0.0381. The number of ether oxygens (including phenoxy) is 1. The van der Waals surface area contributed by atoms with E-state index in [0.717, 1.165) is 6.33 Å². The van der Waals surface area contributed by atoms with E-state index in [2.05, 4.69) is 28.1 Å². The van der Waals surface area contributed by atoms with Gasteiger partial charge in [0.25, 0.3) is 0 Å². The van der Waals surface area contributed by atoms with Crippen molar-refractivity contribution in [2.45, 2.75) is 31.0 Å². The predicted molar refractivity (Wildman–Crippen MR) is 100 cm³/mol. The Morgan fingerprint density at radius 2 is 1.81 bits per heavy atom. The Labute approximate surface area is 178 Å². The SMILES string of the molecule is C[C@@]1(O)[C@H](O)[C@@H](COP(=O)(O)OP(=O)(O)OP(=O)(O)O)O[C@H]1n1cnc2c(N)ncnc21. The second kappa shape index (κ2) is 8.45. The van der Waals surface area contributed by atoms with Crippen molar-refractivity contribution in [3.8, 4) is 0 Å². The zero-order chi connectivity index (χ0) is 24.1. The molecule has 0 amide bonds. The summed E-state index contributed by atoms with van der Waals surface area (Å²) in [6, 6.07) is 0. The van der Waals surface area contributed by atoms with E-state index in [9.17, 15) is 28.8 Å². The Kier molecular flexibility index (Phi) is 6.67. The summed E-state index contributed by atoms with van der Waals surface area (Å²) in [4.78, 5) is 47.5. The predicted octanol–water partition coefficient (Wildman–Crippen LogP) is -1.24. The van der Waals surface area contributed by atoms with Crippen molar-refractivity contribution < 1.29 is 61.4 Å². The van der Waals surface area contributed by atoms with Gasteiger partial charge in [-0.3, -0.25) is 9.09 Å². The normalized spacial score (nSPS) is 30.3. The Hall–Kier alpha value is -1.36. The molecule has 2 aromatic rings. The molecule has 6 atom stereocenters. The van der Waals surface area contributed by atoms with E-state index in [1.807, 2.05) is 0 Å². The molecule has 1 saturated heterocycles. The molecule has 32 heavy (non-hydrogen) atoms. The summed E-state index contributed by atoms with van der Waals surface area (Å²) >= 11 is 0. The largest absolute Gasteiger partial charge is 0.490 e. The summed E-state index contributed by atoms with van der Waals surface area (Å²) < 4.78 is 52.2. The minimum atomic E-state index is -5.71. The van der Waals surface area contributed by atoms with Gasteiger partial charge in [0.15, 0.2) is 17.7 Å². The van der Waals surface area contributed by atoms with Crippen molar-refractivity contribution in [2.75, 3.05) is 12.3 Å². The second-order valence-electron chi connectivity index (χ2n) is 6.67. The maximum atomic E-state index is 11.9. The van der Waals surface area contributed by atoms with Gasteiger partial charge in [-0.2, -0.15) is 8.62 Å². The van der Waals surface area contributed by atoms with Gasteiger partial charge in [0.05, 0.1) is 12.9 Å². The van der Waals surface area contributed by atoms with Crippen LogP contribution in [0, 0.1) is 0 Å². The number of imidazole rings is 1. The maximum absolute atomic E-state index is 11.9. The Morgan fingerprint density at radius 3 is 2.44 bits per heavy atom. The molecule has 1 aliphatic rings. The fourth-order valence-corrected chi connectivity index (χ4v) is 5.92. The summed E-state index contributed by atoms with van der Waals surface area (Å²) in [7, 11) is -16.7.